The molecule has 1 aliphatic rings. The monoisotopic (exact) mass is 400 g/mol. The molecule has 1 aliphatic carbocycles. The fraction of sp³-hybridized carbons (Fsp3) is 0.909. The van der Waals surface area contributed by atoms with E-state index in [0.29, 0.717) is 44.8 Å². The summed E-state index contributed by atoms with van der Waals surface area (Å²) < 4.78 is 20.9. The van der Waals surface area contributed by atoms with Gasteiger partial charge < -0.3 is 18.9 Å². The second-order valence-corrected chi connectivity index (χ2v) is 8.61. The molecule has 0 spiro atoms. The fourth-order valence-corrected chi connectivity index (χ4v) is 3.15. The molecular formula is C22H40O6. The van der Waals surface area contributed by atoms with Crippen LogP contribution in [0.2, 0.25) is 0 Å². The van der Waals surface area contributed by atoms with Gasteiger partial charge in [0.15, 0.2) is 0 Å². The summed E-state index contributed by atoms with van der Waals surface area (Å²) in [5.41, 5.74) is 0. The molecule has 0 heterocycles. The normalized spacial score (nSPS) is 19.5. The van der Waals surface area contributed by atoms with Crippen LogP contribution in [0.5, 0.6) is 0 Å². The van der Waals surface area contributed by atoms with E-state index in [9.17, 15) is 9.59 Å². The minimum atomic E-state index is -0.599. The summed E-state index contributed by atoms with van der Waals surface area (Å²) in [5, 5.41) is 0. The summed E-state index contributed by atoms with van der Waals surface area (Å²) in [6, 6.07) is 0. The Morgan fingerprint density at radius 2 is 1.14 bits per heavy atom. The molecule has 164 valence electrons. The molecule has 0 aliphatic heterocycles. The molecule has 1 fully saturated rings. The largest absolute Gasteiger partial charge is 0.508 e. The highest BCUT2D eigenvalue weighted by molar-refractivity contribution is 5.60. The molecule has 6 nitrogen and oxygen atoms in total. The zero-order valence-electron chi connectivity index (χ0n) is 18.2. The number of carbonyl (C=O) groups excluding carboxylic acids is 2. The Kier molecular flexibility index (Phi) is 12.8. The zero-order chi connectivity index (χ0) is 20.8. The third kappa shape index (κ3) is 12.8. The van der Waals surface area contributed by atoms with Crippen molar-refractivity contribution in [3.63, 3.8) is 0 Å². The maximum absolute atomic E-state index is 11.8. The van der Waals surface area contributed by atoms with Crippen LogP contribution in [0.25, 0.3) is 0 Å². The Morgan fingerprint density at radius 3 is 1.64 bits per heavy atom. The topological polar surface area (TPSA) is 71.1 Å². The van der Waals surface area contributed by atoms with Crippen LogP contribution in [-0.2, 0) is 18.9 Å². The molecule has 0 aromatic heterocycles. The van der Waals surface area contributed by atoms with Crippen molar-refractivity contribution in [2.75, 3.05) is 13.2 Å². The summed E-state index contributed by atoms with van der Waals surface area (Å²) in [5.74, 6) is 1.24. The van der Waals surface area contributed by atoms with Crippen molar-refractivity contribution in [3.8, 4) is 0 Å². The average molecular weight is 401 g/mol. The van der Waals surface area contributed by atoms with Crippen molar-refractivity contribution in [3.05, 3.63) is 0 Å². The highest BCUT2D eigenvalue weighted by Crippen LogP contribution is 2.24. The number of carbonyl (C=O) groups is 2. The molecule has 0 bridgehead atoms. The standard InChI is InChI=1S/C22H40O6/c1-17(2)9-7-5-6-8-15-25-21(23)27-19-10-12-20(13-11-19)28-22(24)26-16-14-18(3)4/h17-20H,5-16H2,1-4H3. The van der Waals surface area contributed by atoms with Gasteiger partial charge in [-0.25, -0.2) is 9.59 Å². The van der Waals surface area contributed by atoms with Crippen molar-refractivity contribution in [2.45, 2.75) is 104 Å². The predicted octanol–water partition coefficient (Wildman–Crippen LogP) is 6.26. The van der Waals surface area contributed by atoms with E-state index in [-0.39, 0.29) is 12.2 Å². The van der Waals surface area contributed by atoms with Crippen molar-refractivity contribution >= 4 is 12.3 Å². The van der Waals surface area contributed by atoms with Crippen LogP contribution in [-0.4, -0.2) is 37.7 Å². The molecule has 0 N–H and O–H groups in total. The van der Waals surface area contributed by atoms with Gasteiger partial charge in [-0.2, -0.15) is 0 Å². The first-order chi connectivity index (χ1) is 13.4. The van der Waals surface area contributed by atoms with E-state index in [1.807, 2.05) is 0 Å². The van der Waals surface area contributed by atoms with Gasteiger partial charge in [0.25, 0.3) is 0 Å². The number of ether oxygens (including phenoxy) is 4. The molecule has 0 radical (unpaired) electrons. The van der Waals surface area contributed by atoms with Crippen molar-refractivity contribution in [1.82, 2.24) is 0 Å². The highest BCUT2D eigenvalue weighted by Gasteiger charge is 2.27. The first kappa shape index (κ1) is 24.6. The van der Waals surface area contributed by atoms with E-state index < -0.39 is 12.3 Å². The van der Waals surface area contributed by atoms with Crippen LogP contribution in [0.15, 0.2) is 0 Å². The van der Waals surface area contributed by atoms with Gasteiger partial charge in [0, 0.05) is 0 Å². The first-order valence-corrected chi connectivity index (χ1v) is 11.0. The van der Waals surface area contributed by atoms with Gasteiger partial charge >= 0.3 is 12.3 Å². The minimum Gasteiger partial charge on any atom is -0.434 e. The maximum atomic E-state index is 11.8. The van der Waals surface area contributed by atoms with E-state index in [1.54, 1.807) is 0 Å². The molecule has 0 amide bonds. The molecule has 1 rings (SSSR count). The first-order valence-electron chi connectivity index (χ1n) is 11.0. The molecule has 0 unspecified atom stereocenters. The Balaban J connectivity index is 2.03. The summed E-state index contributed by atoms with van der Waals surface area (Å²) in [4.78, 5) is 23.4. The van der Waals surface area contributed by atoms with Crippen LogP contribution in [0.3, 0.4) is 0 Å². The molecule has 1 saturated carbocycles. The van der Waals surface area contributed by atoms with E-state index in [0.717, 1.165) is 25.2 Å². The quantitative estimate of drug-likeness (QED) is 0.284. The van der Waals surface area contributed by atoms with Crippen molar-refractivity contribution in [1.29, 1.82) is 0 Å². The summed E-state index contributed by atoms with van der Waals surface area (Å²) in [6.07, 6.45) is 7.66. The van der Waals surface area contributed by atoms with E-state index in [4.69, 9.17) is 18.9 Å². The van der Waals surface area contributed by atoms with Gasteiger partial charge in [0.2, 0.25) is 0 Å². The lowest BCUT2D eigenvalue weighted by molar-refractivity contribution is -0.0274. The smallest absolute Gasteiger partial charge is 0.434 e. The highest BCUT2D eigenvalue weighted by atomic mass is 16.7. The van der Waals surface area contributed by atoms with Crippen LogP contribution in [0.1, 0.15) is 91.9 Å². The summed E-state index contributed by atoms with van der Waals surface area (Å²) >= 11 is 0. The molecule has 0 aromatic carbocycles. The third-order valence-corrected chi connectivity index (χ3v) is 4.96. The zero-order valence-corrected chi connectivity index (χ0v) is 18.2. The molecule has 0 aromatic rings. The lowest BCUT2D eigenvalue weighted by atomic mass is 9.95. The van der Waals surface area contributed by atoms with Crippen molar-refractivity contribution < 1.29 is 28.5 Å². The van der Waals surface area contributed by atoms with Crippen LogP contribution < -0.4 is 0 Å². The van der Waals surface area contributed by atoms with Gasteiger partial charge in [-0.1, -0.05) is 53.4 Å². The Labute approximate surface area is 170 Å². The Hall–Kier alpha value is -1.46. The second-order valence-electron chi connectivity index (χ2n) is 8.61. The predicted molar refractivity (Wildman–Crippen MR) is 108 cm³/mol. The minimum absolute atomic E-state index is 0.157. The van der Waals surface area contributed by atoms with Gasteiger partial charge in [-0.3, -0.25) is 0 Å². The maximum Gasteiger partial charge on any atom is 0.508 e. The lowest BCUT2D eigenvalue weighted by Gasteiger charge is -2.27. The van der Waals surface area contributed by atoms with E-state index in [1.165, 1.54) is 19.3 Å². The lowest BCUT2D eigenvalue weighted by Crippen LogP contribution is -2.30. The van der Waals surface area contributed by atoms with Gasteiger partial charge in [0.05, 0.1) is 13.2 Å². The third-order valence-electron chi connectivity index (χ3n) is 4.96. The Bertz CT molecular complexity index is 427. The van der Waals surface area contributed by atoms with Crippen molar-refractivity contribution in [2.24, 2.45) is 11.8 Å². The molecule has 28 heavy (non-hydrogen) atoms. The van der Waals surface area contributed by atoms with Gasteiger partial charge in [0.1, 0.15) is 12.2 Å². The van der Waals surface area contributed by atoms with Crippen LogP contribution in [0.4, 0.5) is 9.59 Å². The molecule has 0 saturated heterocycles. The van der Waals surface area contributed by atoms with Crippen LogP contribution >= 0.6 is 0 Å². The van der Waals surface area contributed by atoms with E-state index >= 15 is 0 Å². The number of rotatable bonds is 12. The Morgan fingerprint density at radius 1 is 0.679 bits per heavy atom. The van der Waals surface area contributed by atoms with Crippen LogP contribution in [0, 0.1) is 11.8 Å². The SMILES string of the molecule is CC(C)CCCCCCOC(=O)OC1CCC(OC(=O)OCCC(C)C)CC1. The molecule has 6 heteroatoms. The van der Waals surface area contributed by atoms with Gasteiger partial charge in [-0.05, 0) is 50.4 Å². The molecular weight excluding hydrogens is 360 g/mol. The summed E-state index contributed by atoms with van der Waals surface area (Å²) in [6.45, 7) is 9.43. The fourth-order valence-electron chi connectivity index (χ4n) is 3.15. The molecule has 0 atom stereocenters. The number of hydrogen-bond acceptors (Lipinski definition) is 6. The second kappa shape index (κ2) is 14.5. The number of unbranched alkanes of at least 4 members (excludes halogenated alkanes) is 3. The number of hydrogen-bond donors (Lipinski definition) is 0. The summed E-state index contributed by atoms with van der Waals surface area (Å²) in [7, 11) is 0. The van der Waals surface area contributed by atoms with Gasteiger partial charge in [-0.15, -0.1) is 0 Å². The van der Waals surface area contributed by atoms with E-state index in [2.05, 4.69) is 27.7 Å². The average Bonchev–Trinajstić information content (AvgIpc) is 2.62.